The molecule has 0 aliphatic heterocycles. The molecule has 0 saturated carbocycles. The summed E-state index contributed by atoms with van der Waals surface area (Å²) in [6.07, 6.45) is 10.6. The number of carbonyl (C=O) groups excluding carboxylic acids is 7. The van der Waals surface area contributed by atoms with Crippen molar-refractivity contribution in [2.75, 3.05) is 49.1 Å². The van der Waals surface area contributed by atoms with Crippen LogP contribution in [0, 0.1) is 39.6 Å². The van der Waals surface area contributed by atoms with Crippen molar-refractivity contribution in [3.8, 4) is 22.7 Å². The van der Waals surface area contributed by atoms with Crippen LogP contribution in [0.1, 0.15) is 100 Å². The van der Waals surface area contributed by atoms with Gasteiger partial charge in [-0.25, -0.2) is 9.97 Å². The fraction of sp³-hybridized carbons (Fsp3) is 0.0690. The molecule has 0 radical (unpaired) electrons. The van der Waals surface area contributed by atoms with Crippen LogP contribution in [0.2, 0.25) is 5.02 Å². The van der Waals surface area contributed by atoms with Crippen LogP contribution >= 0.6 is 11.6 Å². The number of nitrogens with zero attached hydrogens (tertiary/aromatic N) is 16. The van der Waals surface area contributed by atoms with E-state index in [1.54, 1.807) is 126 Å². The first-order valence-electron chi connectivity index (χ1n) is 37.8. The van der Waals surface area contributed by atoms with E-state index in [1.807, 2.05) is 98.8 Å². The van der Waals surface area contributed by atoms with Gasteiger partial charge < -0.3 is 15.3 Å². The van der Waals surface area contributed by atoms with Gasteiger partial charge in [0.15, 0.2) is 0 Å². The third-order valence-electron chi connectivity index (χ3n) is 18.0. The van der Waals surface area contributed by atoms with Gasteiger partial charge >= 0.3 is 0 Å². The third kappa shape index (κ3) is 22.3. The van der Waals surface area contributed by atoms with E-state index < -0.39 is 52.5 Å². The highest BCUT2D eigenvalue weighted by molar-refractivity contribution is 6.30. The molecule has 624 valence electrons. The summed E-state index contributed by atoms with van der Waals surface area (Å²) in [5, 5.41) is 39.6. The summed E-state index contributed by atoms with van der Waals surface area (Å²) in [7, 11) is 0. The minimum Gasteiger partial charge on any atom is -0.352 e. The quantitative estimate of drug-likeness (QED) is 0.0282. The lowest BCUT2D eigenvalue weighted by atomic mass is 10.1. The minimum absolute atomic E-state index is 0.0178. The zero-order valence-corrected chi connectivity index (χ0v) is 67.1. The molecule has 0 spiro atoms. The molecule has 10 N–H and O–H groups in total. The first-order valence-corrected chi connectivity index (χ1v) is 38.2. The number of hydrogen-bond acceptors (Lipinski definition) is 22. The van der Waals surface area contributed by atoms with E-state index in [-0.39, 0.29) is 80.9 Å². The number of anilines is 8. The van der Waals surface area contributed by atoms with Gasteiger partial charge in [0, 0.05) is 124 Å². The number of aromatic nitrogens is 18. The molecule has 0 aliphatic rings. The van der Waals surface area contributed by atoms with Crippen LogP contribution in [0.5, 0.6) is 0 Å². The summed E-state index contributed by atoms with van der Waals surface area (Å²) >= 11 is 5.98. The number of carbonyl (C=O) groups is 7. The Kier molecular flexibility index (Phi) is 27.6. The van der Waals surface area contributed by atoms with Gasteiger partial charge in [-0.1, -0.05) is 109 Å². The Hall–Kier alpha value is -17.4. The minimum atomic E-state index is -0.765. The second kappa shape index (κ2) is 40.4. The van der Waals surface area contributed by atoms with Crippen LogP contribution in [0.3, 0.4) is 0 Å². The number of pyridine rings is 6. The predicted octanol–water partition coefficient (Wildman–Crippen LogP) is 12.6. The lowest BCUT2D eigenvalue weighted by Crippen LogP contribution is -2.18. The average Bonchev–Trinajstić information content (AvgIpc) is 1.68. The molecule has 0 unspecified atom stereocenters. The van der Waals surface area contributed by atoms with Gasteiger partial charge in [0.05, 0.1) is 28.3 Å². The van der Waals surface area contributed by atoms with Crippen LogP contribution in [-0.4, -0.2) is 137 Å². The molecule has 16 aromatic rings. The maximum absolute atomic E-state index is 13.8. The Labute approximate surface area is 712 Å². The van der Waals surface area contributed by atoms with Crippen molar-refractivity contribution in [3.63, 3.8) is 0 Å². The van der Waals surface area contributed by atoms with Crippen molar-refractivity contribution in [2.24, 2.45) is 0 Å². The number of rotatable bonds is 22. The van der Waals surface area contributed by atoms with Gasteiger partial charge in [0.25, 0.3) is 59.2 Å². The zero-order chi connectivity index (χ0) is 87.9. The largest absolute Gasteiger partial charge is 0.352 e. The van der Waals surface area contributed by atoms with Gasteiger partial charge in [0.1, 0.15) is 0 Å². The van der Waals surface area contributed by atoms with E-state index in [9.17, 15) is 51.9 Å². The molecule has 6 aromatic carbocycles. The fourth-order valence-corrected chi connectivity index (χ4v) is 11.8. The molecular formula is C87H71ClF2N26O9. The summed E-state index contributed by atoms with van der Waals surface area (Å²) in [4.78, 5) is 149. The Morgan fingerprint density at radius 2 is 0.736 bits per heavy atom. The number of nitrogens with one attached hydrogen (secondary N) is 10. The van der Waals surface area contributed by atoms with E-state index in [2.05, 4.69) is 113 Å². The van der Waals surface area contributed by atoms with E-state index in [0.29, 0.717) is 57.2 Å². The molecular weight excluding hydrogens is 1630 g/mol. The van der Waals surface area contributed by atoms with Crippen molar-refractivity contribution in [1.82, 2.24) is 89.0 Å². The number of aryl methyl sites for hydroxylation is 2. The fourth-order valence-electron chi connectivity index (χ4n) is 11.7. The maximum atomic E-state index is 13.8. The average molecular weight is 1700 g/mol. The highest BCUT2D eigenvalue weighted by Crippen LogP contribution is 2.26. The van der Waals surface area contributed by atoms with Crippen molar-refractivity contribution in [1.29, 1.82) is 0 Å². The maximum Gasteiger partial charge on any atom is 0.259 e. The van der Waals surface area contributed by atoms with Gasteiger partial charge in [-0.3, -0.25) is 90.3 Å². The molecule has 0 bridgehead atoms. The summed E-state index contributed by atoms with van der Waals surface area (Å²) in [5.74, 6) is -4.21. The van der Waals surface area contributed by atoms with Crippen molar-refractivity contribution in [2.45, 2.75) is 34.1 Å². The van der Waals surface area contributed by atoms with Crippen molar-refractivity contribution >= 4 is 101 Å². The van der Waals surface area contributed by atoms with E-state index >= 15 is 0 Å². The topological polar surface area (TPSA) is 456 Å². The molecule has 10 aromatic heterocycles. The van der Waals surface area contributed by atoms with Crippen LogP contribution < -0.4 is 53.7 Å². The standard InChI is InChI=1S/C23H22N6O.C22H17ClN6O2.C22H17F2N7O2.C20H15N7O4/c1-17-9-5-6-13-20(17)21(30)26-23-27-22(25-16-14-18-10-7-8-15-24-18)28-29(23)19-11-3-2-4-12-19;1-14-5-2-3-7-18(14)20(31)26-22-27-21(25-19(30)15-6-4-12-24-13-15)28-29(22)17-10-8-16(23)9-11-17;1-12-15(8-10-25-17(12)23)19(32)27-21-29-22(31(30-21)14-6-4-3-5-7-14)28-20(33)16-9-11-26-18(24)13(16)2;28-15-10-12(6-8-21-15)17(30)23-19-25-20(27(26-19)14-4-2-1-3-5-14)24-18(31)13-7-9-22-16(29)11-13/h2-13,15H,14,16H2,1H3,(H2,25,26,27,28,30);2-13H,1H3,(H2,25,26,27,28,30,31);3-11H,1-2H3,(H2,27,28,29,30,32,33);1-11H,(H,21,28)(H,22,29)(H2,23,24,25,26,30,31). The summed E-state index contributed by atoms with van der Waals surface area (Å²) in [6.45, 7) is 7.23. The van der Waals surface area contributed by atoms with Crippen LogP contribution in [0.25, 0.3) is 22.7 Å². The van der Waals surface area contributed by atoms with Gasteiger partial charge in [-0.05, 0) is 160 Å². The predicted molar refractivity (Wildman–Crippen MR) is 461 cm³/mol. The lowest BCUT2D eigenvalue weighted by molar-refractivity contribution is 0.101. The van der Waals surface area contributed by atoms with E-state index in [4.69, 9.17) is 11.6 Å². The van der Waals surface area contributed by atoms with Gasteiger partial charge in [-0.2, -0.15) is 47.4 Å². The number of para-hydroxylation sites is 3. The molecule has 0 atom stereocenters. The smallest absolute Gasteiger partial charge is 0.259 e. The highest BCUT2D eigenvalue weighted by atomic mass is 35.5. The lowest BCUT2D eigenvalue weighted by Gasteiger charge is -2.08. The number of amides is 7. The monoisotopic (exact) mass is 1700 g/mol. The molecule has 0 aliphatic carbocycles. The number of hydrogen-bond donors (Lipinski definition) is 10. The SMILES string of the molecule is Cc1c(C(=O)Nc2nc(NC(=O)c3ccnc(F)c3C)n(-c3ccccc3)n2)ccnc1F.Cc1ccccc1C(=O)Nc1nc(NC(=O)c2cccnc2)nn1-c1ccc(Cl)cc1.Cc1ccccc1C(=O)Nc1nc(NCCc2ccccn2)nn1-c1ccccc1.O=C(Nc1nc(NC(=O)c2cc[nH]c(=O)c2)n(-c2ccccc2)n1)c1cc[nH]c(=O)c1. The highest BCUT2D eigenvalue weighted by Gasteiger charge is 2.25. The number of H-pyrrole nitrogens is 2. The van der Waals surface area contributed by atoms with Gasteiger partial charge in [0.2, 0.25) is 52.8 Å². The summed E-state index contributed by atoms with van der Waals surface area (Å²) in [5.41, 5.74) is 6.38. The second-order valence-electron chi connectivity index (χ2n) is 26.6. The molecule has 0 fully saturated rings. The summed E-state index contributed by atoms with van der Waals surface area (Å²) < 4.78 is 33.2. The van der Waals surface area contributed by atoms with Gasteiger partial charge in [-0.15, -0.1) is 20.4 Å². The van der Waals surface area contributed by atoms with Crippen LogP contribution in [0.15, 0.2) is 283 Å². The third-order valence-corrected chi connectivity index (χ3v) is 18.3. The first kappa shape index (κ1) is 85.5. The van der Waals surface area contributed by atoms with E-state index in [0.717, 1.165) is 41.1 Å². The Morgan fingerprint density at radius 1 is 0.360 bits per heavy atom. The Bertz CT molecular complexity index is 6700. The Morgan fingerprint density at radius 3 is 1.16 bits per heavy atom. The number of halogens is 3. The second-order valence-corrected chi connectivity index (χ2v) is 27.1. The Balaban J connectivity index is 0.000000143. The molecule has 0 saturated heterocycles. The number of aromatic amines is 2. The van der Waals surface area contributed by atoms with Crippen LogP contribution in [-0.2, 0) is 6.42 Å². The number of benzene rings is 6. The molecule has 35 nitrogen and oxygen atoms in total. The van der Waals surface area contributed by atoms with E-state index in [1.165, 1.54) is 83.1 Å². The molecule has 125 heavy (non-hydrogen) atoms. The first-order chi connectivity index (χ1) is 60.5. The summed E-state index contributed by atoms with van der Waals surface area (Å²) in [6, 6.07) is 65.7. The normalized spacial score (nSPS) is 10.6. The zero-order valence-electron chi connectivity index (χ0n) is 66.4. The molecule has 10 heterocycles. The molecule has 7 amide bonds. The van der Waals surface area contributed by atoms with Crippen molar-refractivity contribution < 1.29 is 42.3 Å². The van der Waals surface area contributed by atoms with Crippen LogP contribution in [0.4, 0.5) is 56.4 Å². The molecule has 16 rings (SSSR count). The van der Waals surface area contributed by atoms with Crippen molar-refractivity contribution in [3.05, 3.63) is 378 Å². The molecule has 38 heteroatoms.